The molecular weight excluding hydrogens is 260 g/mol. The Balaban J connectivity index is 2.13. The highest BCUT2D eigenvalue weighted by Crippen LogP contribution is 2.26. The second kappa shape index (κ2) is 6.09. The van der Waals surface area contributed by atoms with Crippen molar-refractivity contribution >= 4 is 11.9 Å². The van der Waals surface area contributed by atoms with Gasteiger partial charge in [-0.1, -0.05) is 12.8 Å². The number of carboxylic acid groups (broad SMARTS) is 1. The van der Waals surface area contributed by atoms with Crippen molar-refractivity contribution in [2.45, 2.75) is 45.2 Å². The summed E-state index contributed by atoms with van der Waals surface area (Å²) in [7, 11) is 0. The van der Waals surface area contributed by atoms with Crippen molar-refractivity contribution in [1.29, 1.82) is 0 Å². The number of amides is 1. The molecule has 0 bridgehead atoms. The molecule has 0 spiro atoms. The van der Waals surface area contributed by atoms with Crippen LogP contribution in [-0.2, 0) is 11.3 Å². The number of hydrogen-bond acceptors (Lipinski definition) is 4. The summed E-state index contributed by atoms with van der Waals surface area (Å²) in [6.07, 6.45) is 4.42. The zero-order valence-electron chi connectivity index (χ0n) is 11.6. The van der Waals surface area contributed by atoms with E-state index in [-0.39, 0.29) is 18.2 Å². The van der Waals surface area contributed by atoms with Crippen LogP contribution in [-0.4, -0.2) is 34.5 Å². The van der Waals surface area contributed by atoms with Gasteiger partial charge in [0.25, 0.3) is 0 Å². The van der Waals surface area contributed by atoms with Gasteiger partial charge in [0.2, 0.25) is 11.7 Å². The average molecular weight is 280 g/mol. The molecule has 0 unspecified atom stereocenters. The van der Waals surface area contributed by atoms with Gasteiger partial charge in [-0.05, 0) is 25.8 Å². The van der Waals surface area contributed by atoms with Crippen LogP contribution in [0.15, 0.2) is 10.5 Å². The van der Waals surface area contributed by atoms with Gasteiger partial charge < -0.3 is 15.3 Å². The molecule has 1 aliphatic rings. The summed E-state index contributed by atoms with van der Waals surface area (Å²) in [5, 5.41) is 8.93. The summed E-state index contributed by atoms with van der Waals surface area (Å²) in [5.41, 5.74) is 6.11. The Morgan fingerprint density at radius 3 is 2.60 bits per heavy atom. The number of furan rings is 1. The van der Waals surface area contributed by atoms with Gasteiger partial charge in [0.1, 0.15) is 5.76 Å². The van der Waals surface area contributed by atoms with E-state index >= 15 is 0 Å². The van der Waals surface area contributed by atoms with Crippen LogP contribution >= 0.6 is 0 Å². The summed E-state index contributed by atoms with van der Waals surface area (Å²) in [6, 6.07) is 1.87. The SMILES string of the molecule is Cc1oc(C(=O)O)cc1CN(CC(N)=O)C1CCCC1. The summed E-state index contributed by atoms with van der Waals surface area (Å²) in [6.45, 7) is 2.42. The van der Waals surface area contributed by atoms with Crippen molar-refractivity contribution in [3.8, 4) is 0 Å². The first kappa shape index (κ1) is 14.6. The maximum Gasteiger partial charge on any atom is 0.371 e. The fourth-order valence-corrected chi connectivity index (χ4v) is 2.78. The molecular formula is C14H20N2O4. The van der Waals surface area contributed by atoms with Crippen molar-refractivity contribution in [1.82, 2.24) is 4.90 Å². The Labute approximate surface area is 117 Å². The average Bonchev–Trinajstić information content (AvgIpc) is 2.98. The number of aromatic carboxylic acids is 1. The predicted molar refractivity (Wildman–Crippen MR) is 72.3 cm³/mol. The van der Waals surface area contributed by atoms with Crippen molar-refractivity contribution in [3.63, 3.8) is 0 Å². The normalized spacial score (nSPS) is 15.9. The highest BCUT2D eigenvalue weighted by atomic mass is 16.4. The Bertz CT molecular complexity index is 503. The van der Waals surface area contributed by atoms with Gasteiger partial charge in [0, 0.05) is 18.2 Å². The van der Waals surface area contributed by atoms with E-state index in [1.54, 1.807) is 6.92 Å². The quantitative estimate of drug-likeness (QED) is 0.823. The largest absolute Gasteiger partial charge is 0.475 e. The minimum Gasteiger partial charge on any atom is -0.475 e. The lowest BCUT2D eigenvalue weighted by Gasteiger charge is -2.27. The summed E-state index contributed by atoms with van der Waals surface area (Å²) in [4.78, 5) is 24.1. The Morgan fingerprint density at radius 2 is 2.10 bits per heavy atom. The standard InChI is InChI=1S/C14H20N2O4/c1-9-10(6-12(20-9)14(18)19)7-16(8-13(15)17)11-4-2-3-5-11/h6,11H,2-5,7-8H2,1H3,(H2,15,17)(H,18,19). The number of hydrogen-bond donors (Lipinski definition) is 2. The van der Waals surface area contributed by atoms with Crippen molar-refractivity contribution < 1.29 is 19.1 Å². The van der Waals surface area contributed by atoms with E-state index in [1.165, 1.54) is 6.07 Å². The van der Waals surface area contributed by atoms with Crippen LogP contribution < -0.4 is 5.73 Å². The molecule has 3 N–H and O–H groups in total. The predicted octanol–water partition coefficient (Wildman–Crippen LogP) is 1.52. The smallest absolute Gasteiger partial charge is 0.371 e. The summed E-state index contributed by atoms with van der Waals surface area (Å²) in [5.74, 6) is -0.934. The van der Waals surface area contributed by atoms with Gasteiger partial charge >= 0.3 is 5.97 Å². The molecule has 6 heteroatoms. The molecule has 2 rings (SSSR count). The molecule has 0 radical (unpaired) electrons. The molecule has 6 nitrogen and oxygen atoms in total. The highest BCUT2D eigenvalue weighted by molar-refractivity contribution is 5.84. The molecule has 0 aromatic carbocycles. The van der Waals surface area contributed by atoms with Crippen LogP contribution in [0.1, 0.15) is 47.6 Å². The monoisotopic (exact) mass is 280 g/mol. The fourth-order valence-electron chi connectivity index (χ4n) is 2.78. The van der Waals surface area contributed by atoms with E-state index in [4.69, 9.17) is 15.3 Å². The zero-order valence-corrected chi connectivity index (χ0v) is 11.6. The number of carbonyl (C=O) groups is 2. The van der Waals surface area contributed by atoms with Gasteiger partial charge in [-0.15, -0.1) is 0 Å². The van der Waals surface area contributed by atoms with Gasteiger partial charge in [-0.2, -0.15) is 0 Å². The van der Waals surface area contributed by atoms with E-state index in [9.17, 15) is 9.59 Å². The van der Waals surface area contributed by atoms with Crippen molar-refractivity contribution in [3.05, 3.63) is 23.2 Å². The molecule has 110 valence electrons. The molecule has 1 aromatic heterocycles. The Hall–Kier alpha value is -1.82. The van der Waals surface area contributed by atoms with Gasteiger partial charge in [0.05, 0.1) is 6.54 Å². The topological polar surface area (TPSA) is 96.8 Å². The van der Waals surface area contributed by atoms with Crippen molar-refractivity contribution in [2.75, 3.05) is 6.54 Å². The minimum absolute atomic E-state index is 0.0667. The van der Waals surface area contributed by atoms with Crippen LogP contribution in [0.5, 0.6) is 0 Å². The lowest BCUT2D eigenvalue weighted by Crippen LogP contribution is -2.39. The van der Waals surface area contributed by atoms with E-state index in [1.807, 2.05) is 4.90 Å². The van der Waals surface area contributed by atoms with Crippen LogP contribution in [0.25, 0.3) is 0 Å². The number of carbonyl (C=O) groups excluding carboxylic acids is 1. The summed E-state index contributed by atoms with van der Waals surface area (Å²) < 4.78 is 5.20. The molecule has 0 aliphatic heterocycles. The molecule has 1 aliphatic carbocycles. The highest BCUT2D eigenvalue weighted by Gasteiger charge is 2.25. The van der Waals surface area contributed by atoms with Crippen LogP contribution in [0, 0.1) is 6.92 Å². The molecule has 0 atom stereocenters. The number of primary amides is 1. The van der Waals surface area contributed by atoms with Crippen LogP contribution in [0.3, 0.4) is 0 Å². The molecule has 1 amide bonds. The van der Waals surface area contributed by atoms with Gasteiger partial charge in [-0.25, -0.2) is 4.79 Å². The molecule has 0 saturated heterocycles. The number of nitrogens with zero attached hydrogens (tertiary/aromatic N) is 1. The molecule has 1 fully saturated rings. The van der Waals surface area contributed by atoms with E-state index in [2.05, 4.69) is 0 Å². The fraction of sp³-hybridized carbons (Fsp3) is 0.571. The molecule has 1 aromatic rings. The second-order valence-electron chi connectivity index (χ2n) is 5.31. The van der Waals surface area contributed by atoms with Crippen LogP contribution in [0.4, 0.5) is 0 Å². The number of aryl methyl sites for hydroxylation is 1. The molecule has 1 saturated carbocycles. The lowest BCUT2D eigenvalue weighted by molar-refractivity contribution is -0.119. The third kappa shape index (κ3) is 3.39. The van der Waals surface area contributed by atoms with E-state index in [0.717, 1.165) is 31.2 Å². The third-order valence-corrected chi connectivity index (χ3v) is 3.80. The number of carboxylic acids is 1. The first-order chi connectivity index (χ1) is 9.47. The zero-order chi connectivity index (χ0) is 14.7. The lowest BCUT2D eigenvalue weighted by atomic mass is 10.1. The van der Waals surface area contributed by atoms with E-state index in [0.29, 0.717) is 18.3 Å². The van der Waals surface area contributed by atoms with Crippen molar-refractivity contribution in [2.24, 2.45) is 5.73 Å². The Morgan fingerprint density at radius 1 is 1.45 bits per heavy atom. The van der Waals surface area contributed by atoms with Gasteiger partial charge in [0.15, 0.2) is 0 Å². The number of nitrogens with two attached hydrogens (primary N) is 1. The van der Waals surface area contributed by atoms with E-state index < -0.39 is 5.97 Å². The number of rotatable bonds is 6. The first-order valence-corrected chi connectivity index (χ1v) is 6.82. The second-order valence-corrected chi connectivity index (χ2v) is 5.31. The van der Waals surface area contributed by atoms with Gasteiger partial charge in [-0.3, -0.25) is 9.69 Å². The summed E-state index contributed by atoms with van der Waals surface area (Å²) >= 11 is 0. The first-order valence-electron chi connectivity index (χ1n) is 6.82. The third-order valence-electron chi connectivity index (χ3n) is 3.80. The maximum atomic E-state index is 11.2. The molecule has 20 heavy (non-hydrogen) atoms. The van der Waals surface area contributed by atoms with Crippen LogP contribution in [0.2, 0.25) is 0 Å². The maximum absolute atomic E-state index is 11.2. The minimum atomic E-state index is -1.08. The Kier molecular flexibility index (Phi) is 4.44. The molecule has 1 heterocycles.